The number of aromatic amines is 1. The summed E-state index contributed by atoms with van der Waals surface area (Å²) in [7, 11) is 2.19. The highest BCUT2D eigenvalue weighted by Gasteiger charge is 2.33. The normalized spacial score (nSPS) is 25.1. The van der Waals surface area contributed by atoms with E-state index in [0.717, 1.165) is 61.1 Å². The highest BCUT2D eigenvalue weighted by atomic mass is 32.2. The smallest absolute Gasteiger partial charge is 0.187 e. The van der Waals surface area contributed by atoms with Gasteiger partial charge >= 0.3 is 0 Å². The van der Waals surface area contributed by atoms with Gasteiger partial charge in [-0.1, -0.05) is 51.5 Å². The maximum atomic E-state index is 15.7. The Hall–Kier alpha value is -3.06. The van der Waals surface area contributed by atoms with E-state index < -0.39 is 5.50 Å². The lowest BCUT2D eigenvalue weighted by molar-refractivity contribution is 0.460. The van der Waals surface area contributed by atoms with Gasteiger partial charge in [0.2, 0.25) is 0 Å². The summed E-state index contributed by atoms with van der Waals surface area (Å²) in [6, 6.07) is 8.69. The van der Waals surface area contributed by atoms with Gasteiger partial charge in [0.05, 0.1) is 18.6 Å². The van der Waals surface area contributed by atoms with Gasteiger partial charge in [-0.05, 0) is 59.9 Å². The maximum Gasteiger partial charge on any atom is 0.187 e. The van der Waals surface area contributed by atoms with Crippen molar-refractivity contribution >= 4 is 35.6 Å². The summed E-state index contributed by atoms with van der Waals surface area (Å²) in [6.45, 7) is 7.90. The third-order valence-corrected chi connectivity index (χ3v) is 8.85. The van der Waals surface area contributed by atoms with Crippen molar-refractivity contribution in [2.45, 2.75) is 63.6 Å². The van der Waals surface area contributed by atoms with Crippen molar-refractivity contribution in [3.63, 3.8) is 0 Å². The number of rotatable bonds is 3. The quantitative estimate of drug-likeness (QED) is 0.422. The van der Waals surface area contributed by atoms with Gasteiger partial charge in [-0.3, -0.25) is 9.98 Å². The van der Waals surface area contributed by atoms with Crippen LogP contribution >= 0.6 is 11.8 Å². The number of hydrogen-bond donors (Lipinski definition) is 2. The number of H-pyrrole nitrogens is 1. The fourth-order valence-electron chi connectivity index (χ4n) is 5.82. The zero-order chi connectivity index (χ0) is 27.4. The fraction of sp³-hybridized carbons (Fsp3) is 0.438. The number of halogens is 1. The number of nitrogens with one attached hydrogen (secondary N) is 2. The molecule has 2 aromatic rings. The lowest BCUT2D eigenvalue weighted by Gasteiger charge is -2.34. The van der Waals surface area contributed by atoms with Gasteiger partial charge in [-0.2, -0.15) is 0 Å². The molecule has 7 heteroatoms. The summed E-state index contributed by atoms with van der Waals surface area (Å²) >= 11 is 1.41. The Morgan fingerprint density at radius 1 is 1.21 bits per heavy atom. The first-order valence-electron chi connectivity index (χ1n) is 14.2. The number of aromatic nitrogens is 1. The third kappa shape index (κ3) is 5.93. The molecule has 0 spiro atoms. The van der Waals surface area contributed by atoms with E-state index in [0.29, 0.717) is 18.2 Å². The number of benzene rings is 1. The van der Waals surface area contributed by atoms with Crippen LogP contribution < -0.4 is 10.2 Å². The molecular weight excluding hydrogens is 505 g/mol. The van der Waals surface area contributed by atoms with Gasteiger partial charge in [0.15, 0.2) is 5.50 Å². The molecule has 2 unspecified atom stereocenters. The largest absolute Gasteiger partial charge is 0.361 e. The first-order chi connectivity index (χ1) is 19.0. The van der Waals surface area contributed by atoms with E-state index in [2.05, 4.69) is 72.3 Å². The minimum atomic E-state index is -1.10. The summed E-state index contributed by atoms with van der Waals surface area (Å²) < 4.78 is 15.7. The van der Waals surface area contributed by atoms with Crippen LogP contribution in [0, 0.1) is 5.92 Å². The van der Waals surface area contributed by atoms with Gasteiger partial charge < -0.3 is 15.2 Å². The molecule has 3 aliphatic heterocycles. The highest BCUT2D eigenvalue weighted by Crippen LogP contribution is 2.48. The van der Waals surface area contributed by atoms with Crippen LogP contribution in [0.1, 0.15) is 67.9 Å². The number of para-hydroxylation sites is 1. The van der Waals surface area contributed by atoms with Crippen molar-refractivity contribution in [3.8, 4) is 0 Å². The molecule has 0 aliphatic carbocycles. The number of fused-ring (bicyclic) bond motifs is 4. The lowest BCUT2D eigenvalue weighted by atomic mass is 9.90. The van der Waals surface area contributed by atoms with E-state index in [4.69, 9.17) is 4.99 Å². The Bertz CT molecular complexity index is 1330. The Labute approximate surface area is 236 Å². The number of aryl methyl sites for hydroxylation is 1. The monoisotopic (exact) mass is 545 g/mol. The summed E-state index contributed by atoms with van der Waals surface area (Å²) in [5.41, 5.74) is 9.10. The van der Waals surface area contributed by atoms with Crippen LogP contribution in [-0.4, -0.2) is 42.9 Å². The molecule has 0 radical (unpaired) electrons. The van der Waals surface area contributed by atoms with Crippen molar-refractivity contribution in [1.29, 1.82) is 0 Å². The van der Waals surface area contributed by atoms with E-state index in [1.54, 1.807) is 6.34 Å². The summed E-state index contributed by atoms with van der Waals surface area (Å²) in [5, 5.41) is 3.23. The number of likely N-dealkylation sites (N-methyl/N-ethyl adjacent to an activating group) is 1. The average Bonchev–Trinajstić information content (AvgIpc) is 3.34. The van der Waals surface area contributed by atoms with Crippen LogP contribution in [0.5, 0.6) is 0 Å². The zero-order valence-electron chi connectivity index (χ0n) is 23.5. The van der Waals surface area contributed by atoms with Gasteiger partial charge in [0.25, 0.3) is 0 Å². The van der Waals surface area contributed by atoms with Gasteiger partial charge in [0.1, 0.15) is 0 Å². The number of allylic oxidation sites excluding steroid dienone is 2. The second-order valence-electron chi connectivity index (χ2n) is 10.8. The predicted molar refractivity (Wildman–Crippen MR) is 166 cm³/mol. The molecule has 206 valence electrons. The Balaban J connectivity index is 1.72. The molecule has 0 fully saturated rings. The van der Waals surface area contributed by atoms with E-state index in [9.17, 15) is 0 Å². The van der Waals surface area contributed by atoms with Crippen molar-refractivity contribution in [2.24, 2.45) is 15.9 Å². The number of thioether (sulfide) groups is 1. The molecule has 5 nitrogen and oxygen atoms in total. The van der Waals surface area contributed by atoms with Gasteiger partial charge in [-0.25, -0.2) is 4.39 Å². The predicted octanol–water partition coefficient (Wildman–Crippen LogP) is 7.40. The molecule has 0 saturated carbocycles. The molecule has 0 amide bonds. The second kappa shape index (κ2) is 12.4. The van der Waals surface area contributed by atoms with Crippen LogP contribution in [-0.2, 0) is 12.8 Å². The fourth-order valence-corrected chi connectivity index (χ4v) is 6.95. The molecule has 39 heavy (non-hydrogen) atoms. The Kier molecular flexibility index (Phi) is 8.75. The van der Waals surface area contributed by atoms with Gasteiger partial charge in [-0.15, -0.1) is 11.8 Å². The van der Waals surface area contributed by atoms with E-state index in [-0.39, 0.29) is 5.25 Å². The molecule has 3 aliphatic rings. The topological polar surface area (TPSA) is 55.8 Å². The molecule has 4 heterocycles. The van der Waals surface area contributed by atoms with E-state index >= 15 is 4.39 Å². The van der Waals surface area contributed by atoms with Gasteiger partial charge in [0, 0.05) is 60.0 Å². The molecule has 1 aromatic heterocycles. The van der Waals surface area contributed by atoms with Crippen molar-refractivity contribution in [2.75, 3.05) is 25.0 Å². The minimum Gasteiger partial charge on any atom is -0.361 e. The molecule has 2 atom stereocenters. The molecule has 5 rings (SSSR count). The molecule has 2 bridgehead atoms. The highest BCUT2D eigenvalue weighted by molar-refractivity contribution is 8.00. The number of aliphatic imine (C=N–C) groups is 2. The summed E-state index contributed by atoms with van der Waals surface area (Å²) in [4.78, 5) is 15.2. The standard InChI is InChI=1S/C32H40FN5S/c1-5-8-22-9-6-10-23-15-26-16-28(27-12-14-37-29(27)32(33)39-26)31(38(4)30(22)23)24-11-7-13-34-20-36-19-25(21(2)3)18-35-17-24/h6,9-10,12,14,16,18-21,26,32,37H,5,7-8,11,13,15,17H2,1-4H3,(H,34,36)/b25-19+,31-24-,35-18?. The minimum absolute atomic E-state index is 0.0385. The summed E-state index contributed by atoms with van der Waals surface area (Å²) in [6.07, 6.45) is 14.6. The number of hydrogen-bond acceptors (Lipinski definition) is 5. The van der Waals surface area contributed by atoms with Crippen LogP contribution in [0.15, 0.2) is 69.6 Å². The molecule has 0 saturated heterocycles. The van der Waals surface area contributed by atoms with Crippen molar-refractivity contribution in [3.05, 3.63) is 82.0 Å². The Morgan fingerprint density at radius 3 is 2.90 bits per heavy atom. The first kappa shape index (κ1) is 27.5. The number of anilines is 1. The van der Waals surface area contributed by atoms with Crippen molar-refractivity contribution in [1.82, 2.24) is 10.3 Å². The lowest BCUT2D eigenvalue weighted by Crippen LogP contribution is -2.26. The summed E-state index contributed by atoms with van der Waals surface area (Å²) in [5.74, 6) is 0.340. The van der Waals surface area contributed by atoms with Crippen LogP contribution in [0.4, 0.5) is 10.1 Å². The number of alkyl halides is 1. The van der Waals surface area contributed by atoms with Crippen LogP contribution in [0.3, 0.4) is 0 Å². The third-order valence-electron chi connectivity index (χ3n) is 7.72. The van der Waals surface area contributed by atoms with E-state index in [1.165, 1.54) is 34.1 Å². The maximum absolute atomic E-state index is 15.7. The molecule has 2 N–H and O–H groups in total. The Morgan fingerprint density at radius 2 is 2.08 bits per heavy atom. The average molecular weight is 546 g/mol. The number of nitrogens with zero attached hydrogens (tertiary/aromatic N) is 3. The van der Waals surface area contributed by atoms with Crippen LogP contribution in [0.2, 0.25) is 0 Å². The zero-order valence-corrected chi connectivity index (χ0v) is 24.3. The molecular formula is C32H40FN5S. The second-order valence-corrected chi connectivity index (χ2v) is 12.1. The SMILES string of the molecule is CCCc1cccc2c1N(C)/C(=C1/CCCN=CN/C=C(/C(C)C)C=NC1)C1=CC(C2)SC(F)c2[nH]ccc21. The first-order valence-corrected chi connectivity index (χ1v) is 15.1. The van der Waals surface area contributed by atoms with Crippen LogP contribution in [0.25, 0.3) is 5.57 Å². The van der Waals surface area contributed by atoms with Crippen molar-refractivity contribution < 1.29 is 4.39 Å². The molecule has 1 aromatic carbocycles. The van der Waals surface area contributed by atoms with E-state index in [1.807, 2.05) is 24.7 Å².